The van der Waals surface area contributed by atoms with Crippen molar-refractivity contribution < 1.29 is 4.39 Å². The lowest BCUT2D eigenvalue weighted by Crippen LogP contribution is -2.24. The Morgan fingerprint density at radius 1 is 1.62 bits per heavy atom. The molecule has 1 unspecified atom stereocenters. The number of thioether (sulfide) groups is 1. The van der Waals surface area contributed by atoms with Gasteiger partial charge in [0.25, 0.3) is 0 Å². The van der Waals surface area contributed by atoms with Crippen molar-refractivity contribution in [3.63, 3.8) is 0 Å². The minimum absolute atomic E-state index is 0.163. The van der Waals surface area contributed by atoms with Crippen LogP contribution in [0.5, 0.6) is 0 Å². The van der Waals surface area contributed by atoms with Crippen LogP contribution in [0, 0.1) is 5.82 Å². The van der Waals surface area contributed by atoms with E-state index in [2.05, 4.69) is 12.2 Å². The van der Waals surface area contributed by atoms with Crippen molar-refractivity contribution in [2.45, 2.75) is 24.3 Å². The van der Waals surface area contributed by atoms with Crippen LogP contribution >= 0.6 is 11.8 Å². The number of hydrogen-bond acceptors (Lipinski definition) is 2. The molecule has 2 rings (SSSR count). The first kappa shape index (κ1) is 8.88. The van der Waals surface area contributed by atoms with Gasteiger partial charge in [-0.1, -0.05) is 6.92 Å². The van der Waals surface area contributed by atoms with E-state index in [0.717, 1.165) is 22.8 Å². The van der Waals surface area contributed by atoms with E-state index in [9.17, 15) is 4.39 Å². The second-order valence-corrected chi connectivity index (χ2v) is 4.26. The predicted octanol–water partition coefficient (Wildman–Crippen LogP) is 3.12. The van der Waals surface area contributed by atoms with Gasteiger partial charge in [-0.2, -0.15) is 0 Å². The average molecular weight is 197 g/mol. The van der Waals surface area contributed by atoms with Crippen molar-refractivity contribution in [1.82, 2.24) is 0 Å². The minimum atomic E-state index is -0.163. The molecule has 1 N–H and O–H groups in total. The van der Waals surface area contributed by atoms with Crippen LogP contribution in [0.25, 0.3) is 0 Å². The summed E-state index contributed by atoms with van der Waals surface area (Å²) < 4.78 is 12.9. The summed E-state index contributed by atoms with van der Waals surface area (Å²) in [6.45, 7) is 2.14. The van der Waals surface area contributed by atoms with E-state index < -0.39 is 0 Å². The molecule has 13 heavy (non-hydrogen) atoms. The van der Waals surface area contributed by atoms with Crippen LogP contribution in [-0.2, 0) is 0 Å². The summed E-state index contributed by atoms with van der Waals surface area (Å²) in [4.78, 5) is 1.16. The van der Waals surface area contributed by atoms with Crippen molar-refractivity contribution in [1.29, 1.82) is 0 Å². The number of rotatable bonds is 1. The van der Waals surface area contributed by atoms with Crippen LogP contribution in [0.15, 0.2) is 23.1 Å². The van der Waals surface area contributed by atoms with Crippen molar-refractivity contribution in [3.8, 4) is 0 Å². The Bertz CT molecular complexity index is 314. The average Bonchev–Trinajstić information content (AvgIpc) is 2.16. The van der Waals surface area contributed by atoms with Gasteiger partial charge in [-0.15, -0.1) is 11.8 Å². The van der Waals surface area contributed by atoms with Gasteiger partial charge in [-0.25, -0.2) is 4.39 Å². The fraction of sp³-hybridized carbons (Fsp3) is 0.400. The molecule has 0 aromatic heterocycles. The Balaban J connectivity index is 2.27. The van der Waals surface area contributed by atoms with Crippen LogP contribution in [0.3, 0.4) is 0 Å². The number of fused-ring (bicyclic) bond motifs is 1. The molecule has 1 aromatic rings. The number of nitrogens with one attached hydrogen (secondary N) is 1. The van der Waals surface area contributed by atoms with E-state index in [0.29, 0.717) is 6.04 Å². The monoisotopic (exact) mass is 197 g/mol. The van der Waals surface area contributed by atoms with E-state index >= 15 is 0 Å². The van der Waals surface area contributed by atoms with Gasteiger partial charge in [-0.3, -0.25) is 0 Å². The third-order valence-corrected chi connectivity index (χ3v) is 3.47. The van der Waals surface area contributed by atoms with E-state index in [1.165, 1.54) is 6.07 Å². The molecule has 70 valence electrons. The van der Waals surface area contributed by atoms with Gasteiger partial charge in [0.2, 0.25) is 0 Å². The molecule has 0 amide bonds. The Hall–Kier alpha value is -0.700. The highest BCUT2D eigenvalue weighted by molar-refractivity contribution is 7.99. The summed E-state index contributed by atoms with van der Waals surface area (Å²) in [5, 5.41) is 3.33. The molecule has 0 spiro atoms. The minimum Gasteiger partial charge on any atom is -0.380 e. The predicted molar refractivity (Wildman–Crippen MR) is 54.8 cm³/mol. The summed E-state index contributed by atoms with van der Waals surface area (Å²) in [6.07, 6.45) is 1.09. The van der Waals surface area contributed by atoms with Gasteiger partial charge in [0.05, 0.1) is 5.69 Å². The second kappa shape index (κ2) is 3.58. The van der Waals surface area contributed by atoms with Gasteiger partial charge in [0.1, 0.15) is 5.82 Å². The Morgan fingerprint density at radius 3 is 3.23 bits per heavy atom. The first-order valence-electron chi connectivity index (χ1n) is 4.48. The molecule has 1 aromatic carbocycles. The lowest BCUT2D eigenvalue weighted by atomic mass is 10.2. The summed E-state index contributed by atoms with van der Waals surface area (Å²) in [6, 6.07) is 5.41. The normalized spacial score (nSPS) is 20.6. The van der Waals surface area contributed by atoms with E-state index in [-0.39, 0.29) is 5.82 Å². The van der Waals surface area contributed by atoms with Crippen LogP contribution in [0.1, 0.15) is 13.3 Å². The lowest BCUT2D eigenvalue weighted by molar-refractivity contribution is 0.626. The number of halogens is 1. The smallest absolute Gasteiger partial charge is 0.125 e. The lowest BCUT2D eigenvalue weighted by Gasteiger charge is -2.25. The molecular weight excluding hydrogens is 185 g/mol. The zero-order valence-corrected chi connectivity index (χ0v) is 8.33. The summed E-state index contributed by atoms with van der Waals surface area (Å²) in [7, 11) is 0. The third-order valence-electron chi connectivity index (χ3n) is 2.23. The SMILES string of the molecule is CCC1CSc2ccc(F)cc2N1. The first-order valence-corrected chi connectivity index (χ1v) is 5.47. The quantitative estimate of drug-likeness (QED) is 0.742. The Labute approximate surface area is 81.7 Å². The topological polar surface area (TPSA) is 12.0 Å². The number of benzene rings is 1. The maximum Gasteiger partial charge on any atom is 0.125 e. The Kier molecular flexibility index (Phi) is 2.44. The van der Waals surface area contributed by atoms with Gasteiger partial charge in [0, 0.05) is 16.7 Å². The van der Waals surface area contributed by atoms with Crippen molar-refractivity contribution in [2.75, 3.05) is 11.1 Å². The summed E-state index contributed by atoms with van der Waals surface area (Å²) in [5.74, 6) is 0.915. The molecule has 1 heterocycles. The molecule has 0 bridgehead atoms. The van der Waals surface area contributed by atoms with Crippen LogP contribution in [0.4, 0.5) is 10.1 Å². The highest BCUT2D eigenvalue weighted by atomic mass is 32.2. The zero-order valence-electron chi connectivity index (χ0n) is 7.51. The molecule has 0 fully saturated rings. The van der Waals surface area contributed by atoms with Gasteiger partial charge in [0.15, 0.2) is 0 Å². The third kappa shape index (κ3) is 1.80. The molecule has 1 nitrogen and oxygen atoms in total. The van der Waals surface area contributed by atoms with Gasteiger partial charge >= 0.3 is 0 Å². The molecule has 1 aliphatic heterocycles. The van der Waals surface area contributed by atoms with Crippen LogP contribution in [0.2, 0.25) is 0 Å². The van der Waals surface area contributed by atoms with Crippen molar-refractivity contribution >= 4 is 17.4 Å². The van der Waals surface area contributed by atoms with E-state index in [4.69, 9.17) is 0 Å². The molecule has 1 aliphatic rings. The number of hydrogen-bond donors (Lipinski definition) is 1. The highest BCUT2D eigenvalue weighted by Gasteiger charge is 2.16. The van der Waals surface area contributed by atoms with Crippen LogP contribution in [-0.4, -0.2) is 11.8 Å². The molecule has 0 saturated heterocycles. The first-order chi connectivity index (χ1) is 6.29. The highest BCUT2D eigenvalue weighted by Crippen LogP contribution is 2.33. The maximum atomic E-state index is 12.9. The van der Waals surface area contributed by atoms with Gasteiger partial charge in [-0.05, 0) is 24.6 Å². The Morgan fingerprint density at radius 2 is 2.46 bits per heavy atom. The zero-order chi connectivity index (χ0) is 9.26. The molecule has 0 saturated carbocycles. The van der Waals surface area contributed by atoms with Crippen molar-refractivity contribution in [3.05, 3.63) is 24.0 Å². The van der Waals surface area contributed by atoms with E-state index in [1.54, 1.807) is 17.8 Å². The van der Waals surface area contributed by atoms with Crippen LogP contribution < -0.4 is 5.32 Å². The van der Waals surface area contributed by atoms with Crippen molar-refractivity contribution in [2.24, 2.45) is 0 Å². The molecule has 1 atom stereocenters. The standard InChI is InChI=1S/C10H12FNS/c1-2-8-6-13-10-4-3-7(11)5-9(10)12-8/h3-5,8,12H,2,6H2,1H3. The molecule has 0 radical (unpaired) electrons. The van der Waals surface area contributed by atoms with E-state index in [1.807, 2.05) is 6.07 Å². The fourth-order valence-corrected chi connectivity index (χ4v) is 2.55. The summed E-state index contributed by atoms with van der Waals surface area (Å²) >= 11 is 1.80. The largest absolute Gasteiger partial charge is 0.380 e. The molecule has 0 aliphatic carbocycles. The number of anilines is 1. The second-order valence-electron chi connectivity index (χ2n) is 3.20. The van der Waals surface area contributed by atoms with Gasteiger partial charge < -0.3 is 5.32 Å². The molecule has 3 heteroatoms. The fourth-order valence-electron chi connectivity index (χ4n) is 1.41. The maximum absolute atomic E-state index is 12.9. The summed E-state index contributed by atoms with van der Waals surface area (Å²) in [5.41, 5.74) is 0.947. The molecular formula is C10H12FNS.